The van der Waals surface area contributed by atoms with Crippen molar-refractivity contribution >= 4 is 11.4 Å². The van der Waals surface area contributed by atoms with Crippen molar-refractivity contribution in [3.05, 3.63) is 54.1 Å². The van der Waals surface area contributed by atoms with E-state index in [0.29, 0.717) is 5.69 Å². The number of hydrogen-bond donors (Lipinski definition) is 1. The molecule has 90 valence electrons. The van der Waals surface area contributed by atoms with Gasteiger partial charge in [-0.25, -0.2) is 4.39 Å². The lowest BCUT2D eigenvalue weighted by atomic mass is 10.2. The van der Waals surface area contributed by atoms with Crippen LogP contribution in [-0.2, 0) is 0 Å². The average molecular weight is 232 g/mol. The van der Waals surface area contributed by atoms with Gasteiger partial charge in [0.1, 0.15) is 5.82 Å². The molecule has 0 aliphatic rings. The van der Waals surface area contributed by atoms with E-state index in [1.165, 1.54) is 6.07 Å². The quantitative estimate of drug-likeness (QED) is 0.835. The molecule has 2 aromatic rings. The molecule has 0 saturated heterocycles. The molecule has 0 aliphatic heterocycles. The van der Waals surface area contributed by atoms with Gasteiger partial charge >= 0.3 is 0 Å². The van der Waals surface area contributed by atoms with E-state index in [0.717, 1.165) is 11.3 Å². The second kappa shape index (κ2) is 6.63. The van der Waals surface area contributed by atoms with Crippen LogP contribution in [0.3, 0.4) is 0 Å². The molecule has 0 aliphatic carbocycles. The highest BCUT2D eigenvalue weighted by atomic mass is 19.1. The van der Waals surface area contributed by atoms with E-state index in [1.807, 2.05) is 26.8 Å². The summed E-state index contributed by atoms with van der Waals surface area (Å²) in [5, 5.41) is 2.98. The van der Waals surface area contributed by atoms with Gasteiger partial charge in [0.15, 0.2) is 0 Å². The van der Waals surface area contributed by atoms with Crippen LogP contribution in [0.5, 0.6) is 0 Å². The van der Waals surface area contributed by atoms with Crippen molar-refractivity contribution in [2.45, 2.75) is 20.8 Å². The van der Waals surface area contributed by atoms with E-state index in [9.17, 15) is 4.39 Å². The summed E-state index contributed by atoms with van der Waals surface area (Å²) in [6.45, 7) is 5.94. The maximum absolute atomic E-state index is 13.3. The SMILES string of the molecule is CC.Cc1cncc(Nc2ccccc2F)c1. The smallest absolute Gasteiger partial charge is 0.146 e. The molecular formula is C14H17FN2. The first-order chi connectivity index (χ1) is 8.25. The number of aromatic nitrogens is 1. The lowest BCUT2D eigenvalue weighted by Gasteiger charge is -2.07. The van der Waals surface area contributed by atoms with Crippen molar-refractivity contribution in [1.82, 2.24) is 4.98 Å². The van der Waals surface area contributed by atoms with Gasteiger partial charge in [0, 0.05) is 6.20 Å². The van der Waals surface area contributed by atoms with E-state index in [2.05, 4.69) is 10.3 Å². The van der Waals surface area contributed by atoms with Crippen LogP contribution >= 0.6 is 0 Å². The van der Waals surface area contributed by atoms with Gasteiger partial charge in [-0.05, 0) is 30.7 Å². The number of nitrogens with zero attached hydrogens (tertiary/aromatic N) is 1. The van der Waals surface area contributed by atoms with E-state index in [4.69, 9.17) is 0 Å². The van der Waals surface area contributed by atoms with Gasteiger partial charge in [0.05, 0.1) is 17.6 Å². The third-order valence-corrected chi connectivity index (χ3v) is 2.03. The fourth-order valence-electron chi connectivity index (χ4n) is 1.34. The molecule has 1 aromatic heterocycles. The number of aryl methyl sites for hydroxylation is 1. The molecule has 0 saturated carbocycles. The van der Waals surface area contributed by atoms with Crippen LogP contribution in [0.15, 0.2) is 42.7 Å². The Morgan fingerprint density at radius 3 is 2.47 bits per heavy atom. The Kier molecular flexibility index (Phi) is 5.14. The average Bonchev–Trinajstić information content (AvgIpc) is 2.35. The Morgan fingerprint density at radius 1 is 1.12 bits per heavy atom. The van der Waals surface area contributed by atoms with E-state index < -0.39 is 0 Å². The van der Waals surface area contributed by atoms with Crippen molar-refractivity contribution in [2.24, 2.45) is 0 Å². The summed E-state index contributed by atoms with van der Waals surface area (Å²) in [5.41, 5.74) is 2.29. The maximum Gasteiger partial charge on any atom is 0.146 e. The molecule has 1 aromatic carbocycles. The van der Waals surface area contributed by atoms with Crippen molar-refractivity contribution in [3.63, 3.8) is 0 Å². The topological polar surface area (TPSA) is 24.9 Å². The van der Waals surface area contributed by atoms with E-state index in [-0.39, 0.29) is 5.82 Å². The summed E-state index contributed by atoms with van der Waals surface area (Å²) >= 11 is 0. The molecule has 0 amide bonds. The largest absolute Gasteiger partial charge is 0.352 e. The Labute approximate surface area is 102 Å². The fraction of sp³-hybridized carbons (Fsp3) is 0.214. The Balaban J connectivity index is 0.000000686. The van der Waals surface area contributed by atoms with E-state index >= 15 is 0 Å². The normalized spacial score (nSPS) is 9.18. The van der Waals surface area contributed by atoms with Gasteiger partial charge in [-0.1, -0.05) is 26.0 Å². The zero-order valence-corrected chi connectivity index (χ0v) is 10.4. The highest BCUT2D eigenvalue weighted by Crippen LogP contribution is 2.19. The van der Waals surface area contributed by atoms with Crippen LogP contribution in [0.1, 0.15) is 19.4 Å². The van der Waals surface area contributed by atoms with Crippen LogP contribution in [0.4, 0.5) is 15.8 Å². The van der Waals surface area contributed by atoms with Crippen LogP contribution < -0.4 is 5.32 Å². The van der Waals surface area contributed by atoms with Gasteiger partial charge < -0.3 is 5.32 Å². The predicted molar refractivity (Wildman–Crippen MR) is 70.0 cm³/mol. The Morgan fingerprint density at radius 2 is 1.82 bits per heavy atom. The summed E-state index contributed by atoms with van der Waals surface area (Å²) in [5.74, 6) is -0.265. The second-order valence-electron chi connectivity index (χ2n) is 3.36. The lowest BCUT2D eigenvalue weighted by molar-refractivity contribution is 0.632. The highest BCUT2D eigenvalue weighted by molar-refractivity contribution is 5.59. The molecule has 0 atom stereocenters. The Hall–Kier alpha value is -1.90. The summed E-state index contributed by atoms with van der Waals surface area (Å²) in [6, 6.07) is 8.48. The van der Waals surface area contributed by atoms with Crippen molar-refractivity contribution in [1.29, 1.82) is 0 Å². The second-order valence-corrected chi connectivity index (χ2v) is 3.36. The van der Waals surface area contributed by atoms with Gasteiger partial charge in [0.2, 0.25) is 0 Å². The van der Waals surface area contributed by atoms with Crippen LogP contribution in [0.25, 0.3) is 0 Å². The molecule has 0 radical (unpaired) electrons. The summed E-state index contributed by atoms with van der Waals surface area (Å²) in [4.78, 5) is 4.03. The van der Waals surface area contributed by atoms with Crippen LogP contribution in [-0.4, -0.2) is 4.98 Å². The number of benzene rings is 1. The number of nitrogens with one attached hydrogen (secondary N) is 1. The standard InChI is InChI=1S/C12H11FN2.C2H6/c1-9-6-10(8-14-7-9)15-12-5-3-2-4-11(12)13;1-2/h2-8,15H,1H3;1-2H3. The summed E-state index contributed by atoms with van der Waals surface area (Å²) in [6.07, 6.45) is 3.42. The molecule has 2 nitrogen and oxygen atoms in total. The van der Waals surface area contributed by atoms with Crippen LogP contribution in [0, 0.1) is 12.7 Å². The van der Waals surface area contributed by atoms with Crippen molar-refractivity contribution in [3.8, 4) is 0 Å². The van der Waals surface area contributed by atoms with Gasteiger partial charge in [-0.15, -0.1) is 0 Å². The highest BCUT2D eigenvalue weighted by Gasteiger charge is 2.00. The third kappa shape index (κ3) is 3.87. The number of halogens is 1. The molecule has 0 spiro atoms. The zero-order valence-electron chi connectivity index (χ0n) is 10.4. The van der Waals surface area contributed by atoms with Crippen molar-refractivity contribution < 1.29 is 4.39 Å². The minimum Gasteiger partial charge on any atom is -0.352 e. The first-order valence-electron chi connectivity index (χ1n) is 5.69. The molecule has 17 heavy (non-hydrogen) atoms. The van der Waals surface area contributed by atoms with Crippen LogP contribution in [0.2, 0.25) is 0 Å². The Bertz CT molecular complexity index is 469. The molecule has 2 rings (SSSR count). The van der Waals surface area contributed by atoms with Gasteiger partial charge in [0.25, 0.3) is 0 Å². The maximum atomic E-state index is 13.3. The molecule has 3 heteroatoms. The molecule has 0 bridgehead atoms. The summed E-state index contributed by atoms with van der Waals surface area (Å²) in [7, 11) is 0. The third-order valence-electron chi connectivity index (χ3n) is 2.03. The zero-order chi connectivity index (χ0) is 12.7. The summed E-state index contributed by atoms with van der Waals surface area (Å²) < 4.78 is 13.3. The molecule has 0 unspecified atom stereocenters. The number of rotatable bonds is 2. The first kappa shape index (κ1) is 13.2. The molecule has 1 heterocycles. The fourth-order valence-corrected chi connectivity index (χ4v) is 1.34. The monoisotopic (exact) mass is 232 g/mol. The molecular weight excluding hydrogens is 215 g/mol. The first-order valence-corrected chi connectivity index (χ1v) is 5.69. The minimum absolute atomic E-state index is 0.265. The molecule has 1 N–H and O–H groups in total. The molecule has 0 fully saturated rings. The van der Waals surface area contributed by atoms with Gasteiger partial charge in [-0.3, -0.25) is 4.98 Å². The van der Waals surface area contributed by atoms with Crippen molar-refractivity contribution in [2.75, 3.05) is 5.32 Å². The predicted octanol–water partition coefficient (Wildman–Crippen LogP) is 4.30. The van der Waals surface area contributed by atoms with Gasteiger partial charge in [-0.2, -0.15) is 0 Å². The minimum atomic E-state index is -0.265. The number of para-hydroxylation sites is 1. The lowest BCUT2D eigenvalue weighted by Crippen LogP contribution is -1.94. The number of hydrogen-bond acceptors (Lipinski definition) is 2. The van der Waals surface area contributed by atoms with E-state index in [1.54, 1.807) is 30.6 Å². The number of pyridine rings is 1. The number of anilines is 2.